The normalized spacial score (nSPS) is 12.8. The average molecular weight is 529 g/mol. The molecule has 3 aromatic heterocycles. The van der Waals surface area contributed by atoms with Gasteiger partial charge < -0.3 is 16.4 Å². The Kier molecular flexibility index (Phi) is 11.5. The average Bonchev–Trinajstić information content (AvgIpc) is 2.93. The van der Waals surface area contributed by atoms with Gasteiger partial charge in [-0.15, -0.1) is 0 Å². The van der Waals surface area contributed by atoms with Crippen molar-refractivity contribution >= 4 is 28.3 Å². The number of aryl methyl sites for hydroxylation is 1. The maximum Gasteiger partial charge on any atom is 0.258 e. The molecule has 4 N–H and O–H groups in total. The van der Waals surface area contributed by atoms with E-state index in [2.05, 4.69) is 60.2 Å². The molecule has 1 amide bonds. The maximum atomic E-state index is 13.4. The summed E-state index contributed by atoms with van der Waals surface area (Å²) in [5, 5.41) is 8.10. The number of allylic oxidation sites excluding steroid dienone is 1. The van der Waals surface area contributed by atoms with Gasteiger partial charge >= 0.3 is 0 Å². The molecule has 3 aromatic rings. The summed E-state index contributed by atoms with van der Waals surface area (Å²) in [6.45, 7) is 10.9. The fourth-order valence-electron chi connectivity index (χ4n) is 4.50. The molecular formula is C32H44N6O. The molecule has 0 aliphatic rings. The number of carbonyl (C=O) groups is 1. The molecular weight excluding hydrogens is 484 g/mol. The van der Waals surface area contributed by atoms with E-state index in [0.29, 0.717) is 29.2 Å². The van der Waals surface area contributed by atoms with Crippen molar-refractivity contribution in [2.75, 3.05) is 11.1 Å². The number of nitrogens with two attached hydrogens (primary N) is 1. The largest absolute Gasteiger partial charge is 0.388 e. The van der Waals surface area contributed by atoms with Crippen LogP contribution in [0.4, 0.5) is 11.6 Å². The monoisotopic (exact) mass is 528 g/mol. The Balaban J connectivity index is 1.87. The molecule has 1 unspecified atom stereocenters. The van der Waals surface area contributed by atoms with Crippen LogP contribution >= 0.6 is 0 Å². The highest BCUT2D eigenvalue weighted by molar-refractivity contribution is 6.06. The van der Waals surface area contributed by atoms with E-state index in [-0.39, 0.29) is 5.91 Å². The summed E-state index contributed by atoms with van der Waals surface area (Å²) in [6, 6.07) is 6.16. The van der Waals surface area contributed by atoms with E-state index >= 15 is 0 Å². The lowest BCUT2D eigenvalue weighted by atomic mass is 10.0. The number of pyridine rings is 3. The summed E-state index contributed by atoms with van der Waals surface area (Å²) in [7, 11) is 0. The first-order valence-corrected chi connectivity index (χ1v) is 14.3. The molecule has 208 valence electrons. The molecule has 0 saturated carbocycles. The van der Waals surface area contributed by atoms with Crippen LogP contribution in [0.5, 0.6) is 0 Å². The Labute approximate surface area is 233 Å². The fraction of sp³-hybridized carbons (Fsp3) is 0.438. The smallest absolute Gasteiger partial charge is 0.258 e. The van der Waals surface area contributed by atoms with Gasteiger partial charge in [0.2, 0.25) is 0 Å². The quantitative estimate of drug-likeness (QED) is 0.151. The minimum atomic E-state index is -0.205. The van der Waals surface area contributed by atoms with E-state index in [9.17, 15) is 4.79 Å². The highest BCUT2D eigenvalue weighted by Gasteiger charge is 2.14. The Morgan fingerprint density at radius 1 is 1.08 bits per heavy atom. The molecule has 0 spiro atoms. The van der Waals surface area contributed by atoms with Gasteiger partial charge in [-0.05, 0) is 67.2 Å². The number of fused-ring (bicyclic) bond motifs is 1. The van der Waals surface area contributed by atoms with Gasteiger partial charge in [0, 0.05) is 41.8 Å². The summed E-state index contributed by atoms with van der Waals surface area (Å²) < 4.78 is 0. The summed E-state index contributed by atoms with van der Waals surface area (Å²) in [5.41, 5.74) is 9.73. The zero-order valence-corrected chi connectivity index (χ0v) is 24.1. The van der Waals surface area contributed by atoms with E-state index in [1.807, 2.05) is 42.7 Å². The molecule has 0 saturated heterocycles. The van der Waals surface area contributed by atoms with Crippen molar-refractivity contribution in [1.82, 2.24) is 20.3 Å². The van der Waals surface area contributed by atoms with E-state index < -0.39 is 0 Å². The number of unbranched alkanes of at least 4 members (excludes halogenated alkanes) is 1. The first-order chi connectivity index (χ1) is 18.9. The lowest BCUT2D eigenvalue weighted by Crippen LogP contribution is -2.26. The van der Waals surface area contributed by atoms with Crippen LogP contribution in [0, 0.1) is 5.92 Å². The first kappa shape index (κ1) is 29.8. The number of carbonyl (C=O) groups excluding carboxylic acids is 1. The standard InChI is InChI=1S/C32H44N6O/c1-6-9-10-12-24(19-35-26(11-7-2)14-13-22(4)5)32(39)38-30-18-25-17-29(37-31(33)28(25)21-36-30)27-20-34-16-15-23(27)8-3/h10,12,15-22,26,35H,6-9,11,13-14H2,1-5H3,(H2,33,37)(H,36,38,39)/b12-10-,24-19+. The van der Waals surface area contributed by atoms with E-state index in [1.54, 1.807) is 12.4 Å². The Morgan fingerprint density at radius 3 is 2.62 bits per heavy atom. The fourth-order valence-corrected chi connectivity index (χ4v) is 4.50. The SMILES string of the molecule is CCC/C=C\C(=C/NC(CCC)CCC(C)C)C(=O)Nc1cc2cc(-c3cnccc3CC)nc(N)c2cn1. The number of hydrogen-bond donors (Lipinski definition) is 3. The number of anilines is 2. The van der Waals surface area contributed by atoms with Crippen LogP contribution in [-0.4, -0.2) is 26.9 Å². The lowest BCUT2D eigenvalue weighted by Gasteiger charge is -2.18. The number of aromatic nitrogens is 3. The predicted molar refractivity (Wildman–Crippen MR) is 163 cm³/mol. The first-order valence-electron chi connectivity index (χ1n) is 14.3. The highest BCUT2D eigenvalue weighted by Crippen LogP contribution is 2.29. The van der Waals surface area contributed by atoms with Gasteiger partial charge in [0.15, 0.2) is 0 Å². The van der Waals surface area contributed by atoms with Crippen molar-refractivity contribution in [2.24, 2.45) is 5.92 Å². The maximum absolute atomic E-state index is 13.4. The van der Waals surface area contributed by atoms with Crippen molar-refractivity contribution in [1.29, 1.82) is 0 Å². The van der Waals surface area contributed by atoms with Crippen LogP contribution in [-0.2, 0) is 11.2 Å². The summed E-state index contributed by atoms with van der Waals surface area (Å²) >= 11 is 0. The van der Waals surface area contributed by atoms with Crippen molar-refractivity contribution in [3.63, 3.8) is 0 Å². The zero-order chi connectivity index (χ0) is 28.2. The van der Waals surface area contributed by atoms with Crippen LogP contribution in [0.1, 0.15) is 78.7 Å². The van der Waals surface area contributed by atoms with Gasteiger partial charge in [0.25, 0.3) is 5.91 Å². The Bertz CT molecular complexity index is 1300. The van der Waals surface area contributed by atoms with Crippen molar-refractivity contribution in [3.8, 4) is 11.3 Å². The molecule has 0 bridgehead atoms. The third-order valence-electron chi connectivity index (χ3n) is 6.77. The number of nitrogen functional groups attached to an aromatic ring is 1. The molecule has 0 fully saturated rings. The topological polar surface area (TPSA) is 106 Å². The lowest BCUT2D eigenvalue weighted by molar-refractivity contribution is -0.112. The third kappa shape index (κ3) is 8.63. The van der Waals surface area contributed by atoms with Gasteiger partial charge in [0.05, 0.1) is 11.3 Å². The van der Waals surface area contributed by atoms with Crippen molar-refractivity contribution in [2.45, 2.75) is 85.6 Å². The summed E-state index contributed by atoms with van der Waals surface area (Å²) in [5.74, 6) is 1.31. The third-order valence-corrected chi connectivity index (χ3v) is 6.77. The van der Waals surface area contributed by atoms with Crippen LogP contribution in [0.2, 0.25) is 0 Å². The molecule has 7 heteroatoms. The molecule has 0 radical (unpaired) electrons. The van der Waals surface area contributed by atoms with E-state index in [1.165, 1.54) is 0 Å². The number of hydrogen-bond acceptors (Lipinski definition) is 6. The second-order valence-corrected chi connectivity index (χ2v) is 10.4. The Morgan fingerprint density at radius 2 is 1.90 bits per heavy atom. The molecule has 0 aliphatic carbocycles. The van der Waals surface area contributed by atoms with Crippen LogP contribution in [0.3, 0.4) is 0 Å². The molecule has 3 rings (SSSR count). The molecule has 39 heavy (non-hydrogen) atoms. The number of nitrogens with one attached hydrogen (secondary N) is 2. The van der Waals surface area contributed by atoms with Gasteiger partial charge in [0.1, 0.15) is 11.6 Å². The molecule has 0 aromatic carbocycles. The second-order valence-electron chi connectivity index (χ2n) is 10.4. The zero-order valence-electron chi connectivity index (χ0n) is 24.1. The summed E-state index contributed by atoms with van der Waals surface area (Å²) in [4.78, 5) is 26.7. The molecule has 0 aliphatic heterocycles. The minimum Gasteiger partial charge on any atom is -0.388 e. The van der Waals surface area contributed by atoms with Crippen molar-refractivity contribution in [3.05, 3.63) is 66.3 Å². The van der Waals surface area contributed by atoms with E-state index in [0.717, 1.165) is 72.5 Å². The number of amides is 1. The molecule has 7 nitrogen and oxygen atoms in total. The highest BCUT2D eigenvalue weighted by atomic mass is 16.1. The van der Waals surface area contributed by atoms with Gasteiger partial charge in [-0.25, -0.2) is 9.97 Å². The molecule has 1 atom stereocenters. The molecule has 3 heterocycles. The Hall–Kier alpha value is -3.74. The van der Waals surface area contributed by atoms with Crippen molar-refractivity contribution < 1.29 is 4.79 Å². The van der Waals surface area contributed by atoms with Crippen LogP contribution in [0.15, 0.2) is 60.7 Å². The number of nitrogens with zero attached hydrogens (tertiary/aromatic N) is 3. The number of rotatable bonds is 14. The minimum absolute atomic E-state index is 0.205. The second kappa shape index (κ2) is 15.0. The van der Waals surface area contributed by atoms with Crippen LogP contribution in [0.25, 0.3) is 22.0 Å². The van der Waals surface area contributed by atoms with Gasteiger partial charge in [-0.1, -0.05) is 59.6 Å². The van der Waals surface area contributed by atoms with Gasteiger partial charge in [-0.3, -0.25) is 9.78 Å². The van der Waals surface area contributed by atoms with Crippen LogP contribution < -0.4 is 16.4 Å². The van der Waals surface area contributed by atoms with Gasteiger partial charge in [-0.2, -0.15) is 0 Å². The van der Waals surface area contributed by atoms with E-state index in [4.69, 9.17) is 5.73 Å². The summed E-state index contributed by atoms with van der Waals surface area (Å²) in [6.07, 6.45) is 18.2. The predicted octanol–water partition coefficient (Wildman–Crippen LogP) is 7.21.